The zero-order chi connectivity index (χ0) is 23.4. The van der Waals surface area contributed by atoms with Crippen molar-refractivity contribution in [1.29, 1.82) is 0 Å². The van der Waals surface area contributed by atoms with Crippen LogP contribution in [0.2, 0.25) is 0 Å². The van der Waals surface area contributed by atoms with Crippen LogP contribution in [0, 0.1) is 0 Å². The lowest BCUT2D eigenvalue weighted by Gasteiger charge is -2.33. The molecule has 0 spiro atoms. The molecule has 1 saturated heterocycles. The highest BCUT2D eigenvalue weighted by atomic mass is 16.1. The molecule has 11 nitrogen and oxygen atoms in total. The summed E-state index contributed by atoms with van der Waals surface area (Å²) in [6.45, 7) is 4.03. The highest BCUT2D eigenvalue weighted by Gasteiger charge is 2.16. The van der Waals surface area contributed by atoms with E-state index in [0.717, 1.165) is 31.9 Å². The third-order valence-electron chi connectivity index (χ3n) is 5.40. The first-order valence-electron chi connectivity index (χ1n) is 10.6. The molecule has 172 valence electrons. The number of carbonyl (C=O) groups excluding carboxylic acids is 1. The highest BCUT2D eigenvalue weighted by Crippen LogP contribution is 2.27. The number of pyridine rings is 2. The third kappa shape index (κ3) is 5.26. The van der Waals surface area contributed by atoms with Gasteiger partial charge in [-0.05, 0) is 19.2 Å². The van der Waals surface area contributed by atoms with E-state index < -0.39 is 5.91 Å². The van der Waals surface area contributed by atoms with E-state index in [0.29, 0.717) is 29.0 Å². The summed E-state index contributed by atoms with van der Waals surface area (Å²) in [4.78, 5) is 35.9. The topological polar surface area (TPSA) is 128 Å². The van der Waals surface area contributed by atoms with Gasteiger partial charge >= 0.3 is 0 Å². The fourth-order valence-corrected chi connectivity index (χ4v) is 3.54. The van der Waals surface area contributed by atoms with Gasteiger partial charge in [-0.15, -0.1) is 0 Å². The van der Waals surface area contributed by atoms with Crippen LogP contribution in [0.5, 0.6) is 0 Å². The summed E-state index contributed by atoms with van der Waals surface area (Å²) < 4.78 is 0. The summed E-state index contributed by atoms with van der Waals surface area (Å²) in [7, 11) is 5.86. The first-order chi connectivity index (χ1) is 15.9. The van der Waals surface area contributed by atoms with Gasteiger partial charge in [-0.25, -0.2) is 19.9 Å². The Morgan fingerprint density at radius 3 is 2.36 bits per heavy atom. The first-order valence-corrected chi connectivity index (χ1v) is 10.6. The summed E-state index contributed by atoms with van der Waals surface area (Å²) in [6.07, 6.45) is 6.46. The lowest BCUT2D eigenvalue weighted by Crippen LogP contribution is -2.44. The Balaban J connectivity index is 1.54. The Bertz CT molecular complexity index is 1110. The first kappa shape index (κ1) is 22.2. The molecule has 0 unspecified atom stereocenters. The molecule has 3 aromatic rings. The van der Waals surface area contributed by atoms with Crippen molar-refractivity contribution in [3.63, 3.8) is 0 Å². The molecule has 1 fully saturated rings. The van der Waals surface area contributed by atoms with Crippen molar-refractivity contribution in [2.75, 3.05) is 67.8 Å². The number of primary amides is 1. The van der Waals surface area contributed by atoms with Crippen molar-refractivity contribution in [2.45, 2.75) is 0 Å². The van der Waals surface area contributed by atoms with E-state index in [1.807, 2.05) is 37.3 Å². The van der Waals surface area contributed by atoms with Gasteiger partial charge in [0.15, 0.2) is 11.6 Å². The fourth-order valence-electron chi connectivity index (χ4n) is 3.54. The van der Waals surface area contributed by atoms with Gasteiger partial charge in [0.25, 0.3) is 5.91 Å². The molecule has 1 aliphatic rings. The average molecular weight is 449 g/mol. The number of rotatable bonds is 7. The molecule has 1 amide bonds. The van der Waals surface area contributed by atoms with E-state index in [-0.39, 0.29) is 5.56 Å². The van der Waals surface area contributed by atoms with Gasteiger partial charge in [0.1, 0.15) is 11.6 Å². The molecule has 0 bridgehead atoms. The minimum absolute atomic E-state index is 0.245. The van der Waals surface area contributed by atoms with Crippen LogP contribution in [-0.4, -0.2) is 78.1 Å². The minimum Gasteiger partial charge on any atom is -0.368 e. The molecule has 1 aliphatic heterocycles. The van der Waals surface area contributed by atoms with Crippen LogP contribution in [0.4, 0.5) is 34.6 Å². The predicted octanol–water partition coefficient (Wildman–Crippen LogP) is 1.67. The third-order valence-corrected chi connectivity index (χ3v) is 5.40. The Morgan fingerprint density at radius 1 is 0.970 bits per heavy atom. The van der Waals surface area contributed by atoms with Gasteiger partial charge in [-0.1, -0.05) is 0 Å². The quantitative estimate of drug-likeness (QED) is 0.491. The molecule has 0 atom stereocenters. The van der Waals surface area contributed by atoms with Gasteiger partial charge in [-0.2, -0.15) is 0 Å². The lowest BCUT2D eigenvalue weighted by atomic mass is 10.2. The highest BCUT2D eigenvalue weighted by molar-refractivity contribution is 5.99. The largest absolute Gasteiger partial charge is 0.368 e. The zero-order valence-electron chi connectivity index (χ0n) is 19.0. The van der Waals surface area contributed by atoms with Crippen molar-refractivity contribution >= 4 is 40.6 Å². The number of carbonyl (C=O) groups is 1. The van der Waals surface area contributed by atoms with E-state index in [9.17, 15) is 4.79 Å². The molecule has 0 aliphatic carbocycles. The van der Waals surface area contributed by atoms with Gasteiger partial charge < -0.3 is 31.1 Å². The summed E-state index contributed by atoms with van der Waals surface area (Å²) in [6, 6.07) is 5.65. The van der Waals surface area contributed by atoms with Crippen LogP contribution >= 0.6 is 0 Å². The molecule has 0 saturated carbocycles. The van der Waals surface area contributed by atoms with E-state index in [1.54, 1.807) is 18.5 Å². The number of nitrogens with two attached hydrogens (primary N) is 1. The SMILES string of the molecule is CN1CCN(c2ccc(Nc3cc(Nc4nccnc4N(C)C)c(C(N)=O)cn3)nc2)CC1. The standard InChI is InChI=1S/C22H28N10O/c1-30(2)22-21(24-6-7-25-22)28-17-12-19(27-14-16(17)20(23)33)29-18-5-4-15(13-26-18)32-10-8-31(3)9-11-32/h4-7,12-14H,8-11H2,1-3H3,(H2,23,33)(H2,24,26,27,28,29). The van der Waals surface area contributed by atoms with E-state index in [2.05, 4.69) is 47.4 Å². The Kier molecular flexibility index (Phi) is 6.50. The van der Waals surface area contributed by atoms with E-state index >= 15 is 0 Å². The molecule has 0 radical (unpaired) electrons. The number of piperazine rings is 1. The second kappa shape index (κ2) is 9.65. The van der Waals surface area contributed by atoms with Crippen LogP contribution < -0.4 is 26.2 Å². The number of anilines is 6. The molecular formula is C22H28N10O. The lowest BCUT2D eigenvalue weighted by molar-refractivity contribution is 0.100. The average Bonchev–Trinajstić information content (AvgIpc) is 2.80. The van der Waals surface area contributed by atoms with Gasteiger partial charge in [0.05, 0.1) is 23.1 Å². The summed E-state index contributed by atoms with van der Waals surface area (Å²) in [5.41, 5.74) is 7.36. The summed E-state index contributed by atoms with van der Waals surface area (Å²) >= 11 is 0. The van der Waals surface area contributed by atoms with Crippen LogP contribution in [0.3, 0.4) is 0 Å². The number of nitrogens with zero attached hydrogens (tertiary/aromatic N) is 7. The van der Waals surface area contributed by atoms with Crippen molar-refractivity contribution in [3.05, 3.63) is 48.5 Å². The van der Waals surface area contributed by atoms with Crippen LogP contribution in [0.25, 0.3) is 0 Å². The Morgan fingerprint density at radius 2 is 1.70 bits per heavy atom. The number of nitrogens with one attached hydrogen (secondary N) is 2. The van der Waals surface area contributed by atoms with Crippen LogP contribution in [-0.2, 0) is 0 Å². The molecule has 4 heterocycles. The van der Waals surface area contributed by atoms with Crippen molar-refractivity contribution in [2.24, 2.45) is 5.73 Å². The zero-order valence-corrected chi connectivity index (χ0v) is 19.0. The number of hydrogen-bond donors (Lipinski definition) is 3. The monoisotopic (exact) mass is 448 g/mol. The summed E-state index contributed by atoms with van der Waals surface area (Å²) in [5, 5.41) is 6.34. The van der Waals surface area contributed by atoms with Gasteiger partial charge in [-0.3, -0.25) is 4.79 Å². The Hall–Kier alpha value is -3.99. The fraction of sp³-hybridized carbons (Fsp3) is 0.318. The number of amides is 1. The van der Waals surface area contributed by atoms with Crippen molar-refractivity contribution in [1.82, 2.24) is 24.8 Å². The normalized spacial score (nSPS) is 14.1. The van der Waals surface area contributed by atoms with Crippen LogP contribution in [0.1, 0.15) is 10.4 Å². The molecule has 33 heavy (non-hydrogen) atoms. The van der Waals surface area contributed by atoms with Gasteiger partial charge in [0, 0.05) is 64.9 Å². The molecule has 11 heteroatoms. The minimum atomic E-state index is -0.596. The predicted molar refractivity (Wildman–Crippen MR) is 130 cm³/mol. The molecule has 4 N–H and O–H groups in total. The number of aromatic nitrogens is 4. The smallest absolute Gasteiger partial charge is 0.252 e. The maximum atomic E-state index is 12.0. The van der Waals surface area contributed by atoms with Crippen molar-refractivity contribution in [3.8, 4) is 0 Å². The van der Waals surface area contributed by atoms with E-state index in [4.69, 9.17) is 5.73 Å². The number of hydrogen-bond acceptors (Lipinski definition) is 10. The molecule has 3 aromatic heterocycles. The number of likely N-dealkylation sites (N-methyl/N-ethyl adjacent to an activating group) is 1. The second-order valence-electron chi connectivity index (χ2n) is 8.04. The molecule has 0 aromatic carbocycles. The van der Waals surface area contributed by atoms with Crippen LogP contribution in [0.15, 0.2) is 43.0 Å². The Labute approximate surface area is 192 Å². The second-order valence-corrected chi connectivity index (χ2v) is 8.04. The van der Waals surface area contributed by atoms with Gasteiger partial charge in [0.2, 0.25) is 0 Å². The van der Waals surface area contributed by atoms with Crippen molar-refractivity contribution < 1.29 is 4.79 Å². The maximum Gasteiger partial charge on any atom is 0.252 e. The summed E-state index contributed by atoms with van der Waals surface area (Å²) in [5.74, 6) is 1.68. The molecular weight excluding hydrogens is 420 g/mol. The maximum absolute atomic E-state index is 12.0. The van der Waals surface area contributed by atoms with E-state index in [1.165, 1.54) is 6.20 Å². The molecule has 4 rings (SSSR count).